The van der Waals surface area contributed by atoms with Gasteiger partial charge in [-0.05, 0) is 50.4 Å². The van der Waals surface area contributed by atoms with Gasteiger partial charge in [-0.15, -0.1) is 0 Å². The summed E-state index contributed by atoms with van der Waals surface area (Å²) in [5.41, 5.74) is 1.05. The van der Waals surface area contributed by atoms with E-state index in [9.17, 15) is 4.79 Å². The van der Waals surface area contributed by atoms with Crippen molar-refractivity contribution in [3.63, 3.8) is 0 Å². The molecular formula is C17H28N4O. The summed E-state index contributed by atoms with van der Waals surface area (Å²) in [7, 11) is 1.90. The number of piperidine rings is 1. The Morgan fingerprint density at radius 1 is 1.36 bits per heavy atom. The summed E-state index contributed by atoms with van der Waals surface area (Å²) in [6, 6.07) is 4.13. The standard InChI is InChI=1S/C17H28N4O/c1-14-7-10-21(11-8-14)16-6-5-15(12-19-16)13-20-17(22)4-3-9-18-2/h5-6,12,14,18H,3-4,7-11,13H2,1-2H3,(H,20,22). The first-order chi connectivity index (χ1) is 10.7. The summed E-state index contributed by atoms with van der Waals surface area (Å²) in [5.74, 6) is 1.98. The van der Waals surface area contributed by atoms with Gasteiger partial charge >= 0.3 is 0 Å². The SMILES string of the molecule is CNCCCC(=O)NCc1ccc(N2CCC(C)CC2)nc1. The molecule has 0 aliphatic carbocycles. The quantitative estimate of drug-likeness (QED) is 0.756. The molecule has 1 amide bonds. The van der Waals surface area contributed by atoms with Crippen LogP contribution in [0.2, 0.25) is 0 Å². The highest BCUT2D eigenvalue weighted by atomic mass is 16.1. The Bertz CT molecular complexity index is 452. The maximum atomic E-state index is 11.7. The van der Waals surface area contributed by atoms with Crippen molar-refractivity contribution in [1.29, 1.82) is 0 Å². The van der Waals surface area contributed by atoms with Crippen LogP contribution in [0.15, 0.2) is 18.3 Å². The van der Waals surface area contributed by atoms with Crippen LogP contribution < -0.4 is 15.5 Å². The number of hydrogen-bond donors (Lipinski definition) is 2. The van der Waals surface area contributed by atoms with E-state index in [1.54, 1.807) is 0 Å². The maximum absolute atomic E-state index is 11.7. The maximum Gasteiger partial charge on any atom is 0.220 e. The molecule has 22 heavy (non-hydrogen) atoms. The summed E-state index contributed by atoms with van der Waals surface area (Å²) < 4.78 is 0. The Kier molecular flexibility index (Phi) is 6.65. The number of nitrogens with zero attached hydrogens (tertiary/aromatic N) is 2. The fraction of sp³-hybridized carbons (Fsp3) is 0.647. The normalized spacial score (nSPS) is 15.8. The average Bonchev–Trinajstić information content (AvgIpc) is 2.54. The second-order valence-corrected chi connectivity index (χ2v) is 6.18. The van der Waals surface area contributed by atoms with Crippen molar-refractivity contribution in [3.05, 3.63) is 23.9 Å². The molecule has 5 heteroatoms. The molecule has 2 rings (SSSR count). The van der Waals surface area contributed by atoms with E-state index >= 15 is 0 Å². The van der Waals surface area contributed by atoms with Gasteiger partial charge in [0.25, 0.3) is 0 Å². The first kappa shape index (κ1) is 16.7. The fourth-order valence-electron chi connectivity index (χ4n) is 2.66. The zero-order valence-electron chi connectivity index (χ0n) is 13.8. The van der Waals surface area contributed by atoms with Crippen molar-refractivity contribution < 1.29 is 4.79 Å². The molecule has 0 atom stereocenters. The molecule has 2 heterocycles. The number of amides is 1. The third-order valence-electron chi connectivity index (χ3n) is 4.24. The number of anilines is 1. The molecule has 1 aromatic heterocycles. The van der Waals surface area contributed by atoms with E-state index < -0.39 is 0 Å². The van der Waals surface area contributed by atoms with Gasteiger partial charge in [0, 0.05) is 32.3 Å². The minimum Gasteiger partial charge on any atom is -0.357 e. The molecule has 0 unspecified atom stereocenters. The first-order valence-electron chi connectivity index (χ1n) is 8.30. The third kappa shape index (κ3) is 5.30. The van der Waals surface area contributed by atoms with E-state index in [0.717, 1.165) is 43.4 Å². The summed E-state index contributed by atoms with van der Waals surface area (Å²) in [5, 5.41) is 5.98. The van der Waals surface area contributed by atoms with Gasteiger partial charge in [0.05, 0.1) is 0 Å². The molecule has 0 saturated carbocycles. The van der Waals surface area contributed by atoms with Gasteiger partial charge in [0.2, 0.25) is 5.91 Å². The number of aromatic nitrogens is 1. The number of rotatable bonds is 7. The molecule has 1 saturated heterocycles. The highest BCUT2D eigenvalue weighted by Gasteiger charge is 2.16. The molecule has 5 nitrogen and oxygen atoms in total. The van der Waals surface area contributed by atoms with Crippen molar-refractivity contribution in [3.8, 4) is 0 Å². The van der Waals surface area contributed by atoms with E-state index in [1.165, 1.54) is 12.8 Å². The molecular weight excluding hydrogens is 276 g/mol. The highest BCUT2D eigenvalue weighted by Crippen LogP contribution is 2.21. The van der Waals surface area contributed by atoms with Gasteiger partial charge in [-0.2, -0.15) is 0 Å². The summed E-state index contributed by atoms with van der Waals surface area (Å²) >= 11 is 0. The van der Waals surface area contributed by atoms with Crippen molar-refractivity contribution >= 4 is 11.7 Å². The highest BCUT2D eigenvalue weighted by molar-refractivity contribution is 5.75. The zero-order chi connectivity index (χ0) is 15.8. The average molecular weight is 304 g/mol. The van der Waals surface area contributed by atoms with Crippen molar-refractivity contribution in [2.24, 2.45) is 5.92 Å². The second kappa shape index (κ2) is 8.73. The van der Waals surface area contributed by atoms with Crippen molar-refractivity contribution in [1.82, 2.24) is 15.6 Å². The molecule has 2 N–H and O–H groups in total. The predicted molar refractivity (Wildman–Crippen MR) is 89.9 cm³/mol. The van der Waals surface area contributed by atoms with E-state index in [-0.39, 0.29) is 5.91 Å². The number of hydrogen-bond acceptors (Lipinski definition) is 4. The Morgan fingerprint density at radius 3 is 2.77 bits per heavy atom. The number of carbonyl (C=O) groups is 1. The van der Waals surface area contributed by atoms with E-state index in [2.05, 4.69) is 39.6 Å². The van der Waals surface area contributed by atoms with E-state index in [4.69, 9.17) is 0 Å². The minimum atomic E-state index is 0.101. The number of carbonyl (C=O) groups excluding carboxylic acids is 1. The Hall–Kier alpha value is -1.62. The topological polar surface area (TPSA) is 57.3 Å². The smallest absolute Gasteiger partial charge is 0.220 e. The van der Waals surface area contributed by atoms with Crippen LogP contribution in [0.3, 0.4) is 0 Å². The lowest BCUT2D eigenvalue weighted by Gasteiger charge is -2.31. The predicted octanol–water partition coefficient (Wildman–Crippen LogP) is 1.93. The largest absolute Gasteiger partial charge is 0.357 e. The summed E-state index contributed by atoms with van der Waals surface area (Å²) in [6.07, 6.45) is 5.80. The second-order valence-electron chi connectivity index (χ2n) is 6.18. The summed E-state index contributed by atoms with van der Waals surface area (Å²) in [4.78, 5) is 18.6. The van der Waals surface area contributed by atoms with Gasteiger partial charge in [0.15, 0.2) is 0 Å². The van der Waals surface area contributed by atoms with Crippen LogP contribution >= 0.6 is 0 Å². The van der Waals surface area contributed by atoms with Crippen molar-refractivity contribution in [2.45, 2.75) is 39.2 Å². The fourth-order valence-corrected chi connectivity index (χ4v) is 2.66. The molecule has 122 valence electrons. The Labute approximate surface area is 133 Å². The molecule has 0 radical (unpaired) electrons. The van der Waals surface area contributed by atoms with Crippen molar-refractivity contribution in [2.75, 3.05) is 31.6 Å². The van der Waals surface area contributed by atoms with Crippen LogP contribution in [0.1, 0.15) is 38.2 Å². The minimum absolute atomic E-state index is 0.101. The molecule has 0 spiro atoms. The lowest BCUT2D eigenvalue weighted by Crippen LogP contribution is -2.33. The lowest BCUT2D eigenvalue weighted by molar-refractivity contribution is -0.121. The van der Waals surface area contributed by atoms with E-state index in [1.807, 2.05) is 13.2 Å². The number of nitrogens with one attached hydrogen (secondary N) is 2. The van der Waals surface area contributed by atoms with Crippen LogP contribution in [0.25, 0.3) is 0 Å². The molecule has 1 fully saturated rings. The van der Waals surface area contributed by atoms with E-state index in [0.29, 0.717) is 13.0 Å². The van der Waals surface area contributed by atoms with Gasteiger partial charge in [-0.3, -0.25) is 4.79 Å². The monoisotopic (exact) mass is 304 g/mol. The number of pyridine rings is 1. The molecule has 1 aromatic rings. The lowest BCUT2D eigenvalue weighted by atomic mass is 9.99. The molecule has 1 aliphatic rings. The Morgan fingerprint density at radius 2 is 2.14 bits per heavy atom. The van der Waals surface area contributed by atoms with Gasteiger partial charge in [0.1, 0.15) is 5.82 Å². The van der Waals surface area contributed by atoms with Gasteiger partial charge in [-0.25, -0.2) is 4.98 Å². The van der Waals surface area contributed by atoms with Gasteiger partial charge in [-0.1, -0.05) is 13.0 Å². The molecule has 0 aromatic carbocycles. The van der Waals surface area contributed by atoms with Gasteiger partial charge < -0.3 is 15.5 Å². The van der Waals surface area contributed by atoms with Crippen LogP contribution in [0.5, 0.6) is 0 Å². The van der Waals surface area contributed by atoms with Crippen LogP contribution in [-0.4, -0.2) is 37.6 Å². The zero-order valence-corrected chi connectivity index (χ0v) is 13.8. The molecule has 1 aliphatic heterocycles. The van der Waals surface area contributed by atoms with Crippen LogP contribution in [0.4, 0.5) is 5.82 Å². The van der Waals surface area contributed by atoms with Crippen LogP contribution in [0, 0.1) is 5.92 Å². The Balaban J connectivity index is 1.76. The summed E-state index contributed by atoms with van der Waals surface area (Å²) in [6.45, 7) is 5.93. The van der Waals surface area contributed by atoms with Crippen LogP contribution in [-0.2, 0) is 11.3 Å². The third-order valence-corrected chi connectivity index (χ3v) is 4.24. The first-order valence-corrected chi connectivity index (χ1v) is 8.30. The molecule has 0 bridgehead atoms.